The van der Waals surface area contributed by atoms with Crippen molar-refractivity contribution < 1.29 is 61.7 Å². The van der Waals surface area contributed by atoms with Crippen LogP contribution in [0.2, 0.25) is 0 Å². The van der Waals surface area contributed by atoms with Crippen LogP contribution in [0, 0.1) is 6.92 Å². The molecule has 0 spiro atoms. The fraction of sp³-hybridized carbons (Fsp3) is 0.600. The van der Waals surface area contributed by atoms with Gasteiger partial charge in [-0.15, -0.1) is 0 Å². The van der Waals surface area contributed by atoms with Gasteiger partial charge in [-0.25, -0.2) is 18.5 Å². The fourth-order valence-electron chi connectivity index (χ4n) is 2.31. The SMILES string of the molecule is Cc1cn([C@H]2C[C@H](O)[C@@H](COP(=O)(O)OP(=O)(O)OP(=O)(O)O)O2)c(=O)[nH]c1=O.O.[Na]. The molecule has 1 aromatic rings. The second kappa shape index (κ2) is 11.4. The topological polar surface area (TPSA) is 276 Å². The summed E-state index contributed by atoms with van der Waals surface area (Å²) in [5, 5.41) is 9.98. The number of phosphoric acid groups is 3. The van der Waals surface area contributed by atoms with E-state index in [9.17, 15) is 33.3 Å². The smallest absolute Gasteiger partial charge is 0.412 e. The van der Waals surface area contributed by atoms with Crippen LogP contribution >= 0.6 is 23.5 Å². The number of aliphatic hydroxyl groups excluding tert-OH is 1. The Labute approximate surface area is 195 Å². The summed E-state index contributed by atoms with van der Waals surface area (Å²) in [6, 6.07) is 0. The molecule has 1 saturated heterocycles. The molecule has 0 bridgehead atoms. The van der Waals surface area contributed by atoms with Gasteiger partial charge in [0, 0.05) is 47.7 Å². The van der Waals surface area contributed by atoms with Gasteiger partial charge in [-0.1, -0.05) is 0 Å². The third kappa shape index (κ3) is 9.39. The molecule has 17 nitrogen and oxygen atoms in total. The first kappa shape index (κ1) is 31.0. The molecule has 21 heteroatoms. The third-order valence-corrected chi connectivity index (χ3v) is 7.28. The zero-order valence-corrected chi connectivity index (χ0v) is 20.6. The summed E-state index contributed by atoms with van der Waals surface area (Å²) in [7, 11) is -16.6. The van der Waals surface area contributed by atoms with Crippen molar-refractivity contribution in [3.05, 3.63) is 32.6 Å². The standard InChI is InChI=1S/C10H17N2O14P3.Na.H2O/c1-5-3-12(10(15)11-9(5)14)8-2-6(13)7(24-8)4-23-28(19,20)26-29(21,22)25-27(16,17)18;;/h3,6-8,13H,2,4H2,1H3,(H,19,20)(H,21,22)(H,11,14,15)(H2,16,17,18);;1H2/t6-,7+,8+;;/m0../s1. The van der Waals surface area contributed by atoms with Gasteiger partial charge in [-0.3, -0.25) is 18.9 Å². The fourth-order valence-corrected chi connectivity index (χ4v) is 5.34. The minimum atomic E-state index is -5.67. The van der Waals surface area contributed by atoms with Gasteiger partial charge in [0.2, 0.25) is 0 Å². The minimum Gasteiger partial charge on any atom is -0.412 e. The van der Waals surface area contributed by atoms with Crippen LogP contribution in [0.15, 0.2) is 15.8 Å². The Morgan fingerprint density at radius 1 is 1.16 bits per heavy atom. The Morgan fingerprint density at radius 3 is 2.29 bits per heavy atom. The zero-order valence-electron chi connectivity index (χ0n) is 15.9. The maximum atomic E-state index is 11.9. The zero-order chi connectivity index (χ0) is 22.2. The van der Waals surface area contributed by atoms with Crippen molar-refractivity contribution in [1.82, 2.24) is 9.55 Å². The second-order valence-corrected chi connectivity index (χ2v) is 10.2. The summed E-state index contributed by atoms with van der Waals surface area (Å²) >= 11 is 0. The van der Waals surface area contributed by atoms with Gasteiger partial charge in [-0.05, 0) is 6.92 Å². The van der Waals surface area contributed by atoms with Crippen LogP contribution in [0.5, 0.6) is 0 Å². The number of aromatic amines is 1. The van der Waals surface area contributed by atoms with Crippen LogP contribution < -0.4 is 11.2 Å². The molecule has 2 unspecified atom stereocenters. The van der Waals surface area contributed by atoms with Gasteiger partial charge in [0.15, 0.2) is 0 Å². The molecule has 1 aromatic heterocycles. The number of nitrogens with zero attached hydrogens (tertiary/aromatic N) is 1. The molecule has 5 atom stereocenters. The molecule has 1 aliphatic heterocycles. The maximum Gasteiger partial charge on any atom is 0.490 e. The Kier molecular flexibility index (Phi) is 11.4. The quantitative estimate of drug-likeness (QED) is 0.154. The number of phosphoric ester groups is 1. The van der Waals surface area contributed by atoms with Crippen molar-refractivity contribution in [1.29, 1.82) is 0 Å². The molecule has 0 saturated carbocycles. The molecular formula is C10H19N2NaO15P3. The van der Waals surface area contributed by atoms with E-state index < -0.39 is 59.8 Å². The molecule has 8 N–H and O–H groups in total. The number of hydrogen-bond acceptors (Lipinski definition) is 10. The van der Waals surface area contributed by atoms with Crippen molar-refractivity contribution >= 4 is 53.0 Å². The van der Waals surface area contributed by atoms with E-state index >= 15 is 0 Å². The summed E-state index contributed by atoms with van der Waals surface area (Å²) in [6.45, 7) is 0.547. The largest absolute Gasteiger partial charge is 0.490 e. The molecule has 1 aliphatic rings. The van der Waals surface area contributed by atoms with Gasteiger partial charge in [-0.2, -0.15) is 8.62 Å². The maximum absolute atomic E-state index is 11.9. The number of aromatic nitrogens is 2. The van der Waals surface area contributed by atoms with Crippen LogP contribution in [0.25, 0.3) is 0 Å². The molecule has 0 amide bonds. The Hall–Kier alpha value is -0.0300. The van der Waals surface area contributed by atoms with E-state index in [1.807, 2.05) is 4.98 Å². The van der Waals surface area contributed by atoms with Gasteiger partial charge in [0.25, 0.3) is 5.56 Å². The predicted octanol–water partition coefficient (Wildman–Crippen LogP) is -2.37. The molecule has 175 valence electrons. The van der Waals surface area contributed by atoms with E-state index in [1.54, 1.807) is 0 Å². The first-order chi connectivity index (χ1) is 13.1. The average Bonchev–Trinajstić information content (AvgIpc) is 2.86. The molecule has 0 aliphatic carbocycles. The number of aliphatic hydroxyl groups is 1. The van der Waals surface area contributed by atoms with Crippen molar-refractivity contribution in [2.45, 2.75) is 31.8 Å². The number of rotatable bonds is 8. The second-order valence-electron chi connectivity index (χ2n) is 5.80. The van der Waals surface area contributed by atoms with Crippen molar-refractivity contribution in [3.63, 3.8) is 0 Å². The summed E-state index contributed by atoms with van der Waals surface area (Å²) in [4.78, 5) is 60.6. The van der Waals surface area contributed by atoms with E-state index in [2.05, 4.69) is 13.1 Å². The van der Waals surface area contributed by atoms with Crippen molar-refractivity contribution in [2.75, 3.05) is 6.61 Å². The molecular weight excluding hydrogens is 504 g/mol. The normalized spacial score (nSPS) is 25.0. The van der Waals surface area contributed by atoms with Crippen molar-refractivity contribution in [2.24, 2.45) is 0 Å². The Bertz CT molecular complexity index is 1020. The van der Waals surface area contributed by atoms with Crippen LogP contribution in [0.1, 0.15) is 18.2 Å². The van der Waals surface area contributed by atoms with Gasteiger partial charge in [0.1, 0.15) is 12.3 Å². The molecule has 1 radical (unpaired) electrons. The number of ether oxygens (including phenoxy) is 1. The first-order valence-corrected chi connectivity index (χ1v) is 12.0. The van der Waals surface area contributed by atoms with E-state index in [0.29, 0.717) is 0 Å². The first-order valence-electron chi connectivity index (χ1n) is 7.52. The van der Waals surface area contributed by atoms with Crippen molar-refractivity contribution in [3.8, 4) is 0 Å². The molecule has 2 heterocycles. The van der Waals surface area contributed by atoms with Gasteiger partial charge >= 0.3 is 29.2 Å². The third-order valence-electron chi connectivity index (χ3n) is 3.48. The van der Waals surface area contributed by atoms with E-state index in [-0.39, 0.29) is 47.0 Å². The monoisotopic (exact) mass is 523 g/mol. The van der Waals surface area contributed by atoms with E-state index in [1.165, 1.54) is 13.1 Å². The number of H-pyrrole nitrogens is 1. The molecule has 1 fully saturated rings. The van der Waals surface area contributed by atoms with Gasteiger partial charge < -0.3 is 34.9 Å². The number of hydrogen-bond donors (Lipinski definition) is 6. The Morgan fingerprint density at radius 2 is 1.74 bits per heavy atom. The average molecular weight is 523 g/mol. The van der Waals surface area contributed by atoms with E-state index in [4.69, 9.17) is 19.4 Å². The predicted molar refractivity (Wildman–Crippen MR) is 99.8 cm³/mol. The summed E-state index contributed by atoms with van der Waals surface area (Å²) in [5.74, 6) is 0. The molecule has 2 rings (SSSR count). The molecule has 31 heavy (non-hydrogen) atoms. The summed E-state index contributed by atoms with van der Waals surface area (Å²) in [6.07, 6.45) is -2.67. The minimum absolute atomic E-state index is 0. The summed E-state index contributed by atoms with van der Waals surface area (Å²) in [5.41, 5.74) is -1.26. The van der Waals surface area contributed by atoms with Crippen LogP contribution in [0.4, 0.5) is 0 Å². The Balaban J connectivity index is 0.00000450. The summed E-state index contributed by atoms with van der Waals surface area (Å²) < 4.78 is 51.3. The molecule has 0 aromatic carbocycles. The number of aryl methyl sites for hydroxylation is 1. The van der Waals surface area contributed by atoms with Crippen LogP contribution in [-0.2, 0) is 31.6 Å². The van der Waals surface area contributed by atoms with E-state index in [0.717, 1.165) is 4.57 Å². The number of nitrogens with one attached hydrogen (secondary N) is 1. The van der Waals surface area contributed by atoms with Crippen LogP contribution in [0.3, 0.4) is 0 Å². The van der Waals surface area contributed by atoms with Gasteiger partial charge in [0.05, 0.1) is 12.7 Å². The van der Waals surface area contributed by atoms with Crippen LogP contribution in [-0.4, -0.2) is 88.1 Å².